The second-order valence-electron chi connectivity index (χ2n) is 7.68. The minimum atomic E-state index is -0.650. The van der Waals surface area contributed by atoms with Crippen LogP contribution >= 0.6 is 34.8 Å². The highest BCUT2D eigenvalue weighted by atomic mass is 35.5. The third-order valence-corrected chi connectivity index (χ3v) is 6.29. The third kappa shape index (κ3) is 4.66. The smallest absolute Gasteiger partial charge is 0.283 e. The lowest BCUT2D eigenvalue weighted by Gasteiger charge is -2.16. The molecular weight excluding hydrogens is 497 g/mol. The van der Waals surface area contributed by atoms with Crippen LogP contribution in [-0.2, 0) is 9.59 Å². The van der Waals surface area contributed by atoms with E-state index in [1.165, 1.54) is 6.07 Å². The van der Waals surface area contributed by atoms with Crippen LogP contribution in [0.4, 0.5) is 17.1 Å². The first-order valence-corrected chi connectivity index (χ1v) is 11.3. The number of carbonyl (C=O) groups excluding carboxylic acids is 3. The fourth-order valence-corrected chi connectivity index (χ4v) is 3.99. The lowest BCUT2D eigenvalue weighted by atomic mass is 10.1. The molecule has 0 spiro atoms. The van der Waals surface area contributed by atoms with Crippen LogP contribution < -0.4 is 15.5 Å². The molecule has 34 heavy (non-hydrogen) atoms. The molecular formula is C25H18Cl3N3O3. The van der Waals surface area contributed by atoms with Crippen molar-refractivity contribution in [2.24, 2.45) is 0 Å². The van der Waals surface area contributed by atoms with Crippen molar-refractivity contribution >= 4 is 69.6 Å². The molecule has 0 atom stereocenters. The molecule has 1 aliphatic rings. The van der Waals surface area contributed by atoms with Gasteiger partial charge < -0.3 is 10.6 Å². The largest absolute Gasteiger partial charge is 0.350 e. The van der Waals surface area contributed by atoms with Crippen LogP contribution in [0.1, 0.15) is 21.5 Å². The van der Waals surface area contributed by atoms with Gasteiger partial charge in [0.2, 0.25) is 0 Å². The summed E-state index contributed by atoms with van der Waals surface area (Å²) in [4.78, 5) is 39.2. The van der Waals surface area contributed by atoms with E-state index >= 15 is 0 Å². The normalized spacial score (nSPS) is 13.5. The standard InChI is InChI=1S/C25H18Cl3N3O3/c1-13-3-9-18(12-19(13)27)31-24(33)21(28)22(25(31)34)29-17-7-4-15(5-8-17)23(32)30-20-10-6-16(26)11-14(20)2/h3-12,29H,1-2H3,(H,30,32). The van der Waals surface area contributed by atoms with Crippen molar-refractivity contribution in [3.05, 3.63) is 98.1 Å². The average Bonchev–Trinajstić information content (AvgIpc) is 3.01. The Morgan fingerprint density at radius 3 is 2.18 bits per heavy atom. The molecule has 0 saturated heterocycles. The Morgan fingerprint density at radius 2 is 1.53 bits per heavy atom. The molecule has 0 bridgehead atoms. The topological polar surface area (TPSA) is 78.5 Å². The lowest BCUT2D eigenvalue weighted by molar-refractivity contribution is -0.120. The van der Waals surface area contributed by atoms with Gasteiger partial charge in [0.1, 0.15) is 10.7 Å². The number of hydrogen-bond donors (Lipinski definition) is 2. The number of imide groups is 1. The van der Waals surface area contributed by atoms with Crippen LogP contribution in [0.2, 0.25) is 10.0 Å². The van der Waals surface area contributed by atoms with Crippen LogP contribution in [0.15, 0.2) is 71.4 Å². The first-order valence-electron chi connectivity index (χ1n) is 10.1. The number of nitrogens with zero attached hydrogens (tertiary/aromatic N) is 1. The number of anilines is 3. The summed E-state index contributed by atoms with van der Waals surface area (Å²) in [5.74, 6) is -1.55. The molecule has 0 aliphatic carbocycles. The number of halogens is 3. The summed E-state index contributed by atoms with van der Waals surface area (Å²) in [5.41, 5.74) is 3.46. The van der Waals surface area contributed by atoms with E-state index in [1.807, 2.05) is 13.8 Å². The molecule has 0 radical (unpaired) electrons. The summed E-state index contributed by atoms with van der Waals surface area (Å²) in [6.45, 7) is 3.66. The van der Waals surface area contributed by atoms with Crippen molar-refractivity contribution in [2.45, 2.75) is 13.8 Å². The Morgan fingerprint density at radius 1 is 0.824 bits per heavy atom. The van der Waals surface area contributed by atoms with Crippen LogP contribution in [0.25, 0.3) is 0 Å². The van der Waals surface area contributed by atoms with Gasteiger partial charge in [0.15, 0.2) is 0 Å². The highest BCUT2D eigenvalue weighted by Crippen LogP contribution is 2.32. The molecule has 6 nitrogen and oxygen atoms in total. The van der Waals surface area contributed by atoms with Gasteiger partial charge in [-0.2, -0.15) is 0 Å². The maximum atomic E-state index is 12.9. The zero-order valence-corrected chi connectivity index (χ0v) is 20.3. The number of benzene rings is 3. The molecule has 0 aromatic heterocycles. The summed E-state index contributed by atoms with van der Waals surface area (Å²) >= 11 is 18.3. The van der Waals surface area contributed by atoms with Gasteiger partial charge in [0.05, 0.1) is 5.69 Å². The van der Waals surface area contributed by atoms with Gasteiger partial charge in [0.25, 0.3) is 17.7 Å². The quantitative estimate of drug-likeness (QED) is 0.392. The summed E-state index contributed by atoms with van der Waals surface area (Å²) in [6, 6.07) is 16.5. The van der Waals surface area contributed by atoms with Crippen molar-refractivity contribution in [3.8, 4) is 0 Å². The maximum absolute atomic E-state index is 12.9. The minimum absolute atomic E-state index is 0.0580. The average molecular weight is 515 g/mol. The van der Waals surface area contributed by atoms with Gasteiger partial charge in [0, 0.05) is 27.0 Å². The Labute approximate surface area is 211 Å². The van der Waals surface area contributed by atoms with Crippen molar-refractivity contribution in [2.75, 3.05) is 15.5 Å². The van der Waals surface area contributed by atoms with Crippen LogP contribution in [0.3, 0.4) is 0 Å². The van der Waals surface area contributed by atoms with Crippen LogP contribution in [0, 0.1) is 13.8 Å². The zero-order valence-electron chi connectivity index (χ0n) is 18.1. The molecule has 0 fully saturated rings. The minimum Gasteiger partial charge on any atom is -0.350 e. The highest BCUT2D eigenvalue weighted by molar-refractivity contribution is 6.53. The second-order valence-corrected chi connectivity index (χ2v) is 8.91. The maximum Gasteiger partial charge on any atom is 0.283 e. The molecule has 2 N–H and O–H groups in total. The molecule has 3 amide bonds. The number of hydrogen-bond acceptors (Lipinski definition) is 4. The fourth-order valence-electron chi connectivity index (χ4n) is 3.38. The summed E-state index contributed by atoms with van der Waals surface area (Å²) < 4.78 is 0. The van der Waals surface area contributed by atoms with E-state index in [1.54, 1.807) is 54.6 Å². The Hall–Kier alpha value is -3.32. The molecule has 4 rings (SSSR count). The number of amides is 3. The van der Waals surface area contributed by atoms with Crippen molar-refractivity contribution < 1.29 is 14.4 Å². The molecule has 0 unspecified atom stereocenters. The van der Waals surface area contributed by atoms with E-state index in [-0.39, 0.29) is 16.6 Å². The Balaban J connectivity index is 1.49. The van der Waals surface area contributed by atoms with Gasteiger partial charge in [-0.05, 0) is 79.6 Å². The Kier molecular flexibility index (Phi) is 6.66. The van der Waals surface area contributed by atoms with E-state index in [4.69, 9.17) is 34.8 Å². The highest BCUT2D eigenvalue weighted by Gasteiger charge is 2.39. The van der Waals surface area contributed by atoms with Crippen LogP contribution in [-0.4, -0.2) is 17.7 Å². The molecule has 3 aromatic rings. The van der Waals surface area contributed by atoms with E-state index in [9.17, 15) is 14.4 Å². The van der Waals surface area contributed by atoms with Crippen LogP contribution in [0.5, 0.6) is 0 Å². The van der Waals surface area contributed by atoms with Gasteiger partial charge >= 0.3 is 0 Å². The molecule has 1 heterocycles. The predicted molar refractivity (Wildman–Crippen MR) is 136 cm³/mol. The van der Waals surface area contributed by atoms with E-state index in [2.05, 4.69) is 10.6 Å². The summed E-state index contributed by atoms with van der Waals surface area (Å²) in [6.07, 6.45) is 0. The van der Waals surface area contributed by atoms with Gasteiger partial charge in [-0.3, -0.25) is 14.4 Å². The van der Waals surface area contributed by atoms with Crippen molar-refractivity contribution in [3.63, 3.8) is 0 Å². The monoisotopic (exact) mass is 513 g/mol. The summed E-state index contributed by atoms with van der Waals surface area (Å²) in [7, 11) is 0. The second kappa shape index (κ2) is 9.50. The van der Waals surface area contributed by atoms with Gasteiger partial charge in [-0.25, -0.2) is 4.90 Å². The van der Waals surface area contributed by atoms with Gasteiger partial charge in [-0.15, -0.1) is 0 Å². The molecule has 0 saturated carbocycles. The number of rotatable bonds is 5. The van der Waals surface area contributed by atoms with E-state index < -0.39 is 11.8 Å². The SMILES string of the molecule is Cc1ccc(N2C(=O)C(Cl)=C(Nc3ccc(C(=O)Nc4ccc(Cl)cc4C)cc3)C2=O)cc1Cl. The van der Waals surface area contributed by atoms with Crippen molar-refractivity contribution in [1.82, 2.24) is 0 Å². The van der Waals surface area contributed by atoms with E-state index in [0.29, 0.717) is 32.7 Å². The molecule has 9 heteroatoms. The first kappa shape index (κ1) is 23.8. The fraction of sp³-hybridized carbons (Fsp3) is 0.0800. The molecule has 172 valence electrons. The van der Waals surface area contributed by atoms with Gasteiger partial charge in [-0.1, -0.05) is 40.9 Å². The predicted octanol–water partition coefficient (Wildman–Crippen LogP) is 6.30. The summed E-state index contributed by atoms with van der Waals surface area (Å²) in [5, 5.41) is 6.50. The first-order chi connectivity index (χ1) is 16.2. The molecule has 1 aliphatic heterocycles. The van der Waals surface area contributed by atoms with E-state index in [0.717, 1.165) is 16.0 Å². The third-order valence-electron chi connectivity index (χ3n) is 5.29. The number of carbonyl (C=O) groups is 3. The lowest BCUT2D eigenvalue weighted by Crippen LogP contribution is -2.32. The number of aryl methyl sites for hydroxylation is 2. The Bertz CT molecular complexity index is 1370. The van der Waals surface area contributed by atoms with Crippen molar-refractivity contribution in [1.29, 1.82) is 0 Å². The number of nitrogens with one attached hydrogen (secondary N) is 2. The zero-order chi connectivity index (χ0) is 24.6. The molecule has 3 aromatic carbocycles.